The van der Waals surface area contributed by atoms with Gasteiger partial charge in [-0.2, -0.15) is 0 Å². The van der Waals surface area contributed by atoms with E-state index >= 15 is 0 Å². The van der Waals surface area contributed by atoms with Gasteiger partial charge in [-0.15, -0.1) is 0 Å². The largest absolute Gasteiger partial charge is 0.305 e. The van der Waals surface area contributed by atoms with Gasteiger partial charge in [0.15, 0.2) is 0 Å². The molecule has 0 atom stereocenters. The molecule has 0 N–H and O–H groups in total. The zero-order valence-electron chi connectivity index (χ0n) is 27.8. The quantitative estimate of drug-likeness (QED) is 0.204. The van der Waals surface area contributed by atoms with Crippen LogP contribution in [0.5, 0.6) is 0 Å². The van der Waals surface area contributed by atoms with Crippen molar-refractivity contribution in [3.05, 3.63) is 126 Å². The van der Waals surface area contributed by atoms with E-state index in [1.165, 1.54) is 33.4 Å². The molecule has 42 heavy (non-hydrogen) atoms. The average Bonchev–Trinajstić information content (AvgIpc) is 2.99. The van der Waals surface area contributed by atoms with Crippen molar-refractivity contribution in [3.8, 4) is 0 Å². The molecule has 3 heteroatoms. The molecule has 0 aliphatic heterocycles. The summed E-state index contributed by atoms with van der Waals surface area (Å²) in [5.41, 5.74) is 7.63. The predicted octanol–water partition coefficient (Wildman–Crippen LogP) is 9.51. The van der Waals surface area contributed by atoms with Gasteiger partial charge in [0.2, 0.25) is 0 Å². The highest BCUT2D eigenvalue weighted by atomic mass is 15.2. The van der Waals surface area contributed by atoms with Crippen LogP contribution in [0.1, 0.15) is 74.9 Å². The molecular formula is C39H57N3. The summed E-state index contributed by atoms with van der Waals surface area (Å²) in [6.07, 6.45) is 5.62. The maximum atomic E-state index is 3.77. The molecule has 0 radical (unpaired) electrons. The molecule has 0 unspecified atom stereocenters. The Kier molecular flexibility index (Phi) is 18.0. The van der Waals surface area contributed by atoms with Gasteiger partial charge in [0.1, 0.15) is 0 Å². The topological polar surface area (TPSA) is 9.72 Å². The molecule has 0 amide bonds. The van der Waals surface area contributed by atoms with Gasteiger partial charge in [0.05, 0.1) is 0 Å². The zero-order valence-corrected chi connectivity index (χ0v) is 27.8. The third-order valence-electron chi connectivity index (χ3n) is 7.14. The van der Waals surface area contributed by atoms with Gasteiger partial charge in [-0.1, -0.05) is 125 Å². The molecule has 0 bridgehead atoms. The van der Waals surface area contributed by atoms with Crippen molar-refractivity contribution < 1.29 is 0 Å². The molecule has 3 nitrogen and oxygen atoms in total. The molecule has 0 aliphatic rings. The fraction of sp³-hybridized carbons (Fsp3) is 0.385. The maximum absolute atomic E-state index is 3.77. The van der Waals surface area contributed by atoms with E-state index in [9.17, 15) is 0 Å². The van der Waals surface area contributed by atoms with Crippen molar-refractivity contribution in [2.45, 2.75) is 73.3 Å². The highest BCUT2D eigenvalue weighted by molar-refractivity contribution is 5.48. The normalized spacial score (nSPS) is 10.8. The summed E-state index contributed by atoms with van der Waals surface area (Å²) in [6, 6.07) is 26.8. The van der Waals surface area contributed by atoms with E-state index in [1.54, 1.807) is 0 Å². The standard InChI is InChI=1S/C15H23N.C13H19N.C11H15N/c1-6-14-7-9-15(10-8-14)11-16(12(2)3)13(4)5;1-4-12-7-9-13(10-8-12)11-14(5-2)6-3;1-4-10-5-7-11(8-6-10)9-12(2)3/h6-10,12-13H,1,11H2,2-5H3;4,7-10H,1,5-6,11H2,2-3H3;4-8H,1,9H2,2-3H3. The first kappa shape index (κ1) is 36.8. The SMILES string of the molecule is C=Cc1ccc(CN(C(C)C)C(C)C)cc1.C=Cc1ccc(CN(C)C)cc1.C=Cc1ccc(CN(CC)CC)cc1. The van der Waals surface area contributed by atoms with Crippen LogP contribution in [0.3, 0.4) is 0 Å². The summed E-state index contributed by atoms with van der Waals surface area (Å²) in [5.74, 6) is 0. The van der Waals surface area contributed by atoms with Crippen LogP contribution in [0.2, 0.25) is 0 Å². The van der Waals surface area contributed by atoms with E-state index < -0.39 is 0 Å². The molecule has 0 saturated heterocycles. The van der Waals surface area contributed by atoms with Crippen LogP contribution in [0.15, 0.2) is 92.5 Å². The molecule has 0 heterocycles. The Morgan fingerprint density at radius 1 is 0.524 bits per heavy atom. The number of nitrogens with zero attached hydrogens (tertiary/aromatic N) is 3. The first-order valence-electron chi connectivity index (χ1n) is 15.3. The predicted molar refractivity (Wildman–Crippen MR) is 189 cm³/mol. The van der Waals surface area contributed by atoms with E-state index in [4.69, 9.17) is 0 Å². The highest BCUT2D eigenvalue weighted by Gasteiger charge is 2.13. The third-order valence-corrected chi connectivity index (χ3v) is 7.14. The lowest BCUT2D eigenvalue weighted by Crippen LogP contribution is -2.36. The second-order valence-corrected chi connectivity index (χ2v) is 11.4. The van der Waals surface area contributed by atoms with Gasteiger partial charge in [0, 0.05) is 31.7 Å². The van der Waals surface area contributed by atoms with Crippen molar-refractivity contribution in [3.63, 3.8) is 0 Å². The van der Waals surface area contributed by atoms with Crippen LogP contribution in [0.25, 0.3) is 18.2 Å². The molecule has 228 valence electrons. The Morgan fingerprint density at radius 2 is 0.833 bits per heavy atom. The summed E-state index contributed by atoms with van der Waals surface area (Å²) in [7, 11) is 4.14. The van der Waals surface area contributed by atoms with Gasteiger partial charge in [-0.05, 0) is 88.3 Å². The summed E-state index contributed by atoms with van der Waals surface area (Å²) in [5, 5.41) is 0. The average molecular weight is 568 g/mol. The lowest BCUT2D eigenvalue weighted by Gasteiger charge is -2.30. The van der Waals surface area contributed by atoms with Crippen LogP contribution in [-0.4, -0.2) is 54.0 Å². The highest BCUT2D eigenvalue weighted by Crippen LogP contribution is 2.13. The number of benzene rings is 3. The van der Waals surface area contributed by atoms with Crippen LogP contribution < -0.4 is 0 Å². The molecule has 3 aromatic carbocycles. The minimum Gasteiger partial charge on any atom is -0.305 e. The maximum Gasteiger partial charge on any atom is 0.0239 e. The molecule has 0 aliphatic carbocycles. The van der Waals surface area contributed by atoms with Crippen molar-refractivity contribution in [1.29, 1.82) is 0 Å². The monoisotopic (exact) mass is 567 g/mol. The first-order chi connectivity index (χ1) is 20.1. The molecule has 3 aromatic rings. The van der Waals surface area contributed by atoms with E-state index in [-0.39, 0.29) is 0 Å². The third kappa shape index (κ3) is 14.6. The van der Waals surface area contributed by atoms with Crippen LogP contribution in [0.4, 0.5) is 0 Å². The van der Waals surface area contributed by atoms with E-state index in [1.807, 2.05) is 18.2 Å². The summed E-state index contributed by atoms with van der Waals surface area (Å²) < 4.78 is 0. The molecule has 0 aromatic heterocycles. The molecule has 3 rings (SSSR count). The van der Waals surface area contributed by atoms with Gasteiger partial charge < -0.3 is 4.90 Å². The van der Waals surface area contributed by atoms with Gasteiger partial charge in [-0.25, -0.2) is 0 Å². The summed E-state index contributed by atoms with van der Waals surface area (Å²) >= 11 is 0. The Balaban J connectivity index is 0.000000318. The summed E-state index contributed by atoms with van der Waals surface area (Å²) in [6.45, 7) is 29.9. The molecular weight excluding hydrogens is 510 g/mol. The lowest BCUT2D eigenvalue weighted by atomic mass is 10.1. The second kappa shape index (κ2) is 20.6. The van der Waals surface area contributed by atoms with Crippen LogP contribution in [0, 0.1) is 0 Å². The smallest absolute Gasteiger partial charge is 0.0239 e. The van der Waals surface area contributed by atoms with E-state index in [2.05, 4.69) is 163 Å². The fourth-order valence-electron chi connectivity index (χ4n) is 4.52. The van der Waals surface area contributed by atoms with Crippen molar-refractivity contribution in [1.82, 2.24) is 14.7 Å². The van der Waals surface area contributed by atoms with Crippen molar-refractivity contribution in [2.24, 2.45) is 0 Å². The van der Waals surface area contributed by atoms with Gasteiger partial charge in [0.25, 0.3) is 0 Å². The van der Waals surface area contributed by atoms with Crippen molar-refractivity contribution >= 4 is 18.2 Å². The molecule has 0 fully saturated rings. The second-order valence-electron chi connectivity index (χ2n) is 11.4. The van der Waals surface area contributed by atoms with Crippen LogP contribution in [-0.2, 0) is 19.6 Å². The zero-order chi connectivity index (χ0) is 31.5. The van der Waals surface area contributed by atoms with Crippen LogP contribution >= 0.6 is 0 Å². The Labute approximate surface area is 258 Å². The number of hydrogen-bond acceptors (Lipinski definition) is 3. The van der Waals surface area contributed by atoms with E-state index in [0.717, 1.165) is 32.7 Å². The number of hydrogen-bond donors (Lipinski definition) is 0. The Morgan fingerprint density at radius 3 is 1.10 bits per heavy atom. The fourth-order valence-corrected chi connectivity index (χ4v) is 4.52. The van der Waals surface area contributed by atoms with E-state index in [0.29, 0.717) is 12.1 Å². The molecule has 0 saturated carbocycles. The number of rotatable bonds is 13. The first-order valence-corrected chi connectivity index (χ1v) is 15.3. The minimum absolute atomic E-state index is 0.582. The minimum atomic E-state index is 0.582. The Bertz CT molecular complexity index is 1130. The van der Waals surface area contributed by atoms with Gasteiger partial charge >= 0.3 is 0 Å². The Hall–Kier alpha value is -3.24. The lowest BCUT2D eigenvalue weighted by molar-refractivity contribution is 0.166. The summed E-state index contributed by atoms with van der Waals surface area (Å²) in [4.78, 5) is 7.05. The molecule has 0 spiro atoms. The van der Waals surface area contributed by atoms with Crippen molar-refractivity contribution in [2.75, 3.05) is 27.2 Å². The van der Waals surface area contributed by atoms with Gasteiger partial charge in [-0.3, -0.25) is 9.80 Å².